The second-order valence-electron chi connectivity index (χ2n) is 10.8. The molecule has 1 atom stereocenters. The fourth-order valence-corrected chi connectivity index (χ4v) is 6.63. The van der Waals surface area contributed by atoms with E-state index in [2.05, 4.69) is 21.2 Å². The molecular formula is C34H35BrClN3O4S. The van der Waals surface area contributed by atoms with Crippen LogP contribution < -0.4 is 9.62 Å². The Morgan fingerprint density at radius 3 is 2.11 bits per heavy atom. The number of aryl methyl sites for hydroxylation is 1. The highest BCUT2D eigenvalue weighted by Crippen LogP contribution is 2.27. The van der Waals surface area contributed by atoms with Crippen molar-refractivity contribution in [3.8, 4) is 0 Å². The maximum atomic E-state index is 14.4. The van der Waals surface area contributed by atoms with E-state index < -0.39 is 28.5 Å². The van der Waals surface area contributed by atoms with Gasteiger partial charge in [0.15, 0.2) is 0 Å². The molecule has 7 nitrogen and oxygen atoms in total. The number of amides is 2. The van der Waals surface area contributed by atoms with E-state index in [0.29, 0.717) is 16.3 Å². The first-order chi connectivity index (χ1) is 20.9. The number of sulfonamides is 1. The van der Waals surface area contributed by atoms with Gasteiger partial charge in [0.1, 0.15) is 12.6 Å². The summed E-state index contributed by atoms with van der Waals surface area (Å²) in [5.74, 6) is -0.876. The standard InChI is InChI=1S/C34H35BrClN3O4S/c1-24(2)37-34(41)32(21-26-8-5-4-6-9-26)38(22-27-10-7-11-29(36)20-27)33(40)23-39(30-16-14-28(35)15-17-30)44(42,43)31-18-12-25(3)13-19-31/h4-20,24,32H,21-23H2,1-3H3,(H,37,41)/t32-/m0/s1. The average Bonchev–Trinajstić information content (AvgIpc) is 2.98. The monoisotopic (exact) mass is 695 g/mol. The normalized spacial score (nSPS) is 12.0. The highest BCUT2D eigenvalue weighted by atomic mass is 79.9. The summed E-state index contributed by atoms with van der Waals surface area (Å²) < 4.78 is 30.0. The van der Waals surface area contributed by atoms with E-state index in [1.807, 2.05) is 57.2 Å². The highest BCUT2D eigenvalue weighted by Gasteiger charge is 2.34. The molecule has 0 bridgehead atoms. The van der Waals surface area contributed by atoms with Crippen molar-refractivity contribution in [3.63, 3.8) is 0 Å². The van der Waals surface area contributed by atoms with Crippen molar-refractivity contribution in [3.05, 3.63) is 129 Å². The summed E-state index contributed by atoms with van der Waals surface area (Å²) in [4.78, 5) is 29.7. The molecule has 10 heteroatoms. The smallest absolute Gasteiger partial charge is 0.264 e. The Hall–Kier alpha value is -3.66. The largest absolute Gasteiger partial charge is 0.352 e. The Kier molecular flexibility index (Phi) is 11.2. The predicted molar refractivity (Wildman–Crippen MR) is 179 cm³/mol. The van der Waals surface area contributed by atoms with E-state index in [4.69, 9.17) is 11.6 Å². The Morgan fingerprint density at radius 2 is 1.50 bits per heavy atom. The molecule has 4 aromatic rings. The van der Waals surface area contributed by atoms with Gasteiger partial charge in [-0.05, 0) is 80.4 Å². The Labute approximate surface area is 273 Å². The molecule has 1 N–H and O–H groups in total. The van der Waals surface area contributed by atoms with E-state index in [1.54, 1.807) is 54.6 Å². The van der Waals surface area contributed by atoms with Crippen molar-refractivity contribution in [2.75, 3.05) is 10.8 Å². The minimum absolute atomic E-state index is 0.0428. The molecule has 0 saturated heterocycles. The van der Waals surface area contributed by atoms with E-state index in [1.165, 1.54) is 17.0 Å². The van der Waals surface area contributed by atoms with Gasteiger partial charge < -0.3 is 10.2 Å². The van der Waals surface area contributed by atoms with Crippen LogP contribution in [0.15, 0.2) is 112 Å². The van der Waals surface area contributed by atoms with Crippen LogP contribution in [0.1, 0.15) is 30.5 Å². The maximum Gasteiger partial charge on any atom is 0.264 e. The minimum atomic E-state index is -4.17. The highest BCUT2D eigenvalue weighted by molar-refractivity contribution is 9.10. The van der Waals surface area contributed by atoms with Crippen LogP contribution in [0.25, 0.3) is 0 Å². The fourth-order valence-electron chi connectivity index (χ4n) is 4.74. The zero-order chi connectivity index (χ0) is 31.9. The number of rotatable bonds is 12. The van der Waals surface area contributed by atoms with Gasteiger partial charge >= 0.3 is 0 Å². The molecule has 230 valence electrons. The molecule has 0 saturated carbocycles. The predicted octanol–water partition coefficient (Wildman–Crippen LogP) is 6.77. The molecule has 44 heavy (non-hydrogen) atoms. The molecule has 0 heterocycles. The molecule has 0 aliphatic carbocycles. The Bertz CT molecular complexity index is 1680. The summed E-state index contributed by atoms with van der Waals surface area (Å²) in [5.41, 5.74) is 2.79. The lowest BCUT2D eigenvalue weighted by molar-refractivity contribution is -0.140. The van der Waals surface area contributed by atoms with E-state index in [-0.39, 0.29) is 29.8 Å². The summed E-state index contributed by atoms with van der Waals surface area (Å²) in [6, 6.07) is 28.6. The number of carbonyl (C=O) groups excluding carboxylic acids is 2. The van der Waals surface area contributed by atoms with Crippen molar-refractivity contribution in [2.24, 2.45) is 0 Å². The quantitative estimate of drug-likeness (QED) is 0.177. The molecule has 0 radical (unpaired) electrons. The number of benzene rings is 4. The van der Waals surface area contributed by atoms with Crippen LogP contribution in [-0.2, 0) is 32.6 Å². The number of anilines is 1. The van der Waals surface area contributed by atoms with Crippen molar-refractivity contribution in [1.82, 2.24) is 10.2 Å². The summed E-state index contributed by atoms with van der Waals surface area (Å²) in [5, 5.41) is 3.44. The summed E-state index contributed by atoms with van der Waals surface area (Å²) >= 11 is 9.69. The van der Waals surface area contributed by atoms with Crippen LogP contribution in [0.2, 0.25) is 5.02 Å². The molecule has 2 amide bonds. The van der Waals surface area contributed by atoms with Crippen LogP contribution in [0.3, 0.4) is 0 Å². The minimum Gasteiger partial charge on any atom is -0.352 e. The zero-order valence-corrected chi connectivity index (χ0v) is 27.9. The fraction of sp³-hybridized carbons (Fsp3) is 0.235. The van der Waals surface area contributed by atoms with Crippen molar-refractivity contribution in [1.29, 1.82) is 0 Å². The number of nitrogens with zero attached hydrogens (tertiary/aromatic N) is 2. The molecule has 0 aliphatic rings. The van der Waals surface area contributed by atoms with Gasteiger partial charge in [0.05, 0.1) is 10.6 Å². The third kappa shape index (κ3) is 8.71. The Morgan fingerprint density at radius 1 is 0.864 bits per heavy atom. The molecule has 0 aliphatic heterocycles. The molecule has 0 spiro atoms. The summed E-state index contributed by atoms with van der Waals surface area (Å²) in [7, 11) is -4.17. The lowest BCUT2D eigenvalue weighted by atomic mass is 10.0. The second-order valence-corrected chi connectivity index (χ2v) is 14.0. The first kappa shape index (κ1) is 33.2. The lowest BCUT2D eigenvalue weighted by Crippen LogP contribution is -2.54. The Balaban J connectivity index is 1.80. The molecular weight excluding hydrogens is 662 g/mol. The maximum absolute atomic E-state index is 14.4. The van der Waals surface area contributed by atoms with Crippen LogP contribution >= 0.6 is 27.5 Å². The molecule has 4 rings (SSSR count). The first-order valence-corrected chi connectivity index (χ1v) is 16.8. The van der Waals surface area contributed by atoms with Gasteiger partial charge in [0.25, 0.3) is 10.0 Å². The van der Waals surface area contributed by atoms with E-state index >= 15 is 0 Å². The number of nitrogens with one attached hydrogen (secondary N) is 1. The van der Waals surface area contributed by atoms with E-state index in [9.17, 15) is 18.0 Å². The lowest BCUT2D eigenvalue weighted by Gasteiger charge is -2.34. The van der Waals surface area contributed by atoms with Gasteiger partial charge in [-0.15, -0.1) is 0 Å². The molecule has 0 unspecified atom stereocenters. The van der Waals surface area contributed by atoms with Gasteiger partial charge in [-0.2, -0.15) is 0 Å². The number of hydrogen-bond donors (Lipinski definition) is 1. The number of carbonyl (C=O) groups is 2. The average molecular weight is 697 g/mol. The van der Waals surface area contributed by atoms with Crippen LogP contribution in [0.5, 0.6) is 0 Å². The summed E-state index contributed by atoms with van der Waals surface area (Å²) in [6.07, 6.45) is 0.231. The van der Waals surface area contributed by atoms with Crippen LogP contribution in [0, 0.1) is 6.92 Å². The van der Waals surface area contributed by atoms with Gasteiger partial charge in [-0.25, -0.2) is 8.42 Å². The van der Waals surface area contributed by atoms with Gasteiger partial charge in [-0.1, -0.05) is 87.7 Å². The van der Waals surface area contributed by atoms with Gasteiger partial charge in [0.2, 0.25) is 11.8 Å². The van der Waals surface area contributed by atoms with Crippen LogP contribution in [-0.4, -0.2) is 43.8 Å². The molecule has 0 fully saturated rings. The molecule has 0 aromatic heterocycles. The third-order valence-electron chi connectivity index (χ3n) is 6.95. The topological polar surface area (TPSA) is 86.8 Å². The van der Waals surface area contributed by atoms with Crippen LogP contribution in [0.4, 0.5) is 5.69 Å². The SMILES string of the molecule is Cc1ccc(S(=O)(=O)N(CC(=O)N(Cc2cccc(Cl)c2)[C@@H](Cc2ccccc2)C(=O)NC(C)C)c2ccc(Br)cc2)cc1. The first-order valence-electron chi connectivity index (χ1n) is 14.2. The van der Waals surface area contributed by atoms with Crippen molar-refractivity contribution < 1.29 is 18.0 Å². The van der Waals surface area contributed by atoms with Gasteiger partial charge in [-0.3, -0.25) is 13.9 Å². The zero-order valence-electron chi connectivity index (χ0n) is 24.8. The second kappa shape index (κ2) is 14.9. The molecule has 4 aromatic carbocycles. The summed E-state index contributed by atoms with van der Waals surface area (Å²) in [6.45, 7) is 5.09. The van der Waals surface area contributed by atoms with Crippen molar-refractivity contribution in [2.45, 2.75) is 50.7 Å². The van der Waals surface area contributed by atoms with Gasteiger partial charge in [0, 0.05) is 28.5 Å². The number of hydrogen-bond acceptors (Lipinski definition) is 4. The van der Waals surface area contributed by atoms with Crippen molar-refractivity contribution >= 4 is 55.1 Å². The third-order valence-corrected chi connectivity index (χ3v) is 9.50. The number of halogens is 2. The van der Waals surface area contributed by atoms with E-state index in [0.717, 1.165) is 19.9 Å².